The fourth-order valence-electron chi connectivity index (χ4n) is 3.25. The lowest BCUT2D eigenvalue weighted by Crippen LogP contribution is -2.49. The molecule has 3 rings (SSSR count). The lowest BCUT2D eigenvalue weighted by atomic mass is 10.1. The predicted octanol–water partition coefficient (Wildman–Crippen LogP) is 2.38. The van der Waals surface area contributed by atoms with Gasteiger partial charge in [-0.1, -0.05) is 6.07 Å². The molecule has 1 fully saturated rings. The number of piperidine rings is 1. The molecule has 28 heavy (non-hydrogen) atoms. The Hall–Kier alpha value is -2.54. The molecular formula is C21H31N5O2. The molecule has 0 unspecified atom stereocenters. The molecule has 1 aliphatic heterocycles. The van der Waals surface area contributed by atoms with Crippen molar-refractivity contribution in [2.45, 2.75) is 32.2 Å². The van der Waals surface area contributed by atoms with Gasteiger partial charge in [0.1, 0.15) is 11.6 Å². The first kappa shape index (κ1) is 20.2. The average molecular weight is 386 g/mol. The lowest BCUT2D eigenvalue weighted by molar-refractivity contribution is 0.207. The minimum atomic E-state index is 0.402. The van der Waals surface area contributed by atoms with Gasteiger partial charge in [0.15, 0.2) is 5.96 Å². The summed E-state index contributed by atoms with van der Waals surface area (Å²) in [6.45, 7) is 6.08. The maximum Gasteiger partial charge on any atom is 0.191 e. The monoisotopic (exact) mass is 385 g/mol. The number of aromatic nitrogens is 1. The summed E-state index contributed by atoms with van der Waals surface area (Å²) in [4.78, 5) is 11.5. The second kappa shape index (κ2) is 10.7. The molecule has 7 heteroatoms. The van der Waals surface area contributed by atoms with E-state index in [1.54, 1.807) is 13.4 Å². The van der Waals surface area contributed by atoms with E-state index in [9.17, 15) is 0 Å². The Morgan fingerprint density at radius 2 is 2.18 bits per heavy atom. The van der Waals surface area contributed by atoms with E-state index in [4.69, 9.17) is 9.15 Å². The molecule has 3 heterocycles. The third-order valence-corrected chi connectivity index (χ3v) is 4.86. The van der Waals surface area contributed by atoms with Gasteiger partial charge >= 0.3 is 0 Å². The fourth-order valence-corrected chi connectivity index (χ4v) is 3.25. The molecule has 152 valence electrons. The molecule has 2 N–H and O–H groups in total. The van der Waals surface area contributed by atoms with Crippen LogP contribution in [-0.4, -0.2) is 56.9 Å². The number of methoxy groups -OCH3 is 1. The standard InChI is InChI=1S/C21H31N5O2/c1-17-5-6-20(24-16-17)26-12-8-18(9-13-26)25-21(23-11-15-27-2)22-10-7-19-4-3-14-28-19/h3-6,14,16,18H,7-13,15H2,1-2H3,(H2,22,23,25). The fraction of sp³-hybridized carbons (Fsp3) is 0.524. The van der Waals surface area contributed by atoms with Crippen LogP contribution in [0, 0.1) is 6.92 Å². The number of guanidine groups is 1. The summed E-state index contributed by atoms with van der Waals surface area (Å²) in [5.41, 5.74) is 1.19. The Labute approximate surface area is 167 Å². The third kappa shape index (κ3) is 6.27. The van der Waals surface area contributed by atoms with E-state index in [0.29, 0.717) is 19.2 Å². The predicted molar refractivity (Wildman–Crippen MR) is 112 cm³/mol. The zero-order chi connectivity index (χ0) is 19.6. The Kier molecular flexibility index (Phi) is 7.72. The van der Waals surface area contributed by atoms with E-state index in [-0.39, 0.29) is 0 Å². The highest BCUT2D eigenvalue weighted by Gasteiger charge is 2.21. The second-order valence-electron chi connectivity index (χ2n) is 7.08. The average Bonchev–Trinajstić information content (AvgIpc) is 3.23. The van der Waals surface area contributed by atoms with Crippen LogP contribution in [0.2, 0.25) is 0 Å². The zero-order valence-electron chi connectivity index (χ0n) is 16.9. The number of aliphatic imine (C=N–C) groups is 1. The van der Waals surface area contributed by atoms with Gasteiger partial charge in [-0.05, 0) is 43.5 Å². The van der Waals surface area contributed by atoms with E-state index < -0.39 is 0 Å². The van der Waals surface area contributed by atoms with Crippen LogP contribution in [-0.2, 0) is 11.2 Å². The summed E-state index contributed by atoms with van der Waals surface area (Å²) < 4.78 is 10.5. The van der Waals surface area contributed by atoms with E-state index >= 15 is 0 Å². The Morgan fingerprint density at radius 1 is 1.32 bits per heavy atom. The zero-order valence-corrected chi connectivity index (χ0v) is 16.9. The number of nitrogens with one attached hydrogen (secondary N) is 2. The van der Waals surface area contributed by atoms with E-state index in [1.807, 2.05) is 18.3 Å². The molecule has 0 spiro atoms. The number of pyridine rings is 1. The van der Waals surface area contributed by atoms with Gasteiger partial charge in [-0.2, -0.15) is 0 Å². The van der Waals surface area contributed by atoms with E-state index in [2.05, 4.69) is 44.6 Å². The number of ether oxygens (including phenoxy) is 1. The van der Waals surface area contributed by atoms with Gasteiger partial charge in [0.25, 0.3) is 0 Å². The summed E-state index contributed by atoms with van der Waals surface area (Å²) >= 11 is 0. The van der Waals surface area contributed by atoms with Crippen LogP contribution in [0.25, 0.3) is 0 Å². The molecule has 1 aliphatic rings. The number of rotatable bonds is 8. The van der Waals surface area contributed by atoms with Crippen LogP contribution >= 0.6 is 0 Å². The van der Waals surface area contributed by atoms with E-state index in [1.165, 1.54) is 5.56 Å². The molecule has 1 saturated heterocycles. The van der Waals surface area contributed by atoms with Crippen molar-refractivity contribution < 1.29 is 9.15 Å². The molecule has 0 saturated carbocycles. The van der Waals surface area contributed by atoms with Gasteiger partial charge in [0.05, 0.1) is 19.4 Å². The van der Waals surface area contributed by atoms with Crippen LogP contribution < -0.4 is 15.5 Å². The Bertz CT molecular complexity index is 707. The van der Waals surface area contributed by atoms with Gasteiger partial charge < -0.3 is 24.7 Å². The van der Waals surface area contributed by atoms with Crippen molar-refractivity contribution in [2.24, 2.45) is 4.99 Å². The summed E-state index contributed by atoms with van der Waals surface area (Å²) in [7, 11) is 1.70. The van der Waals surface area contributed by atoms with E-state index in [0.717, 1.165) is 56.4 Å². The van der Waals surface area contributed by atoms with Gasteiger partial charge in [-0.15, -0.1) is 0 Å². The Balaban J connectivity index is 1.47. The largest absolute Gasteiger partial charge is 0.469 e. The third-order valence-electron chi connectivity index (χ3n) is 4.86. The van der Waals surface area contributed by atoms with Gasteiger partial charge in [-0.25, -0.2) is 4.98 Å². The van der Waals surface area contributed by atoms with Crippen molar-refractivity contribution in [1.29, 1.82) is 0 Å². The van der Waals surface area contributed by atoms with Crippen molar-refractivity contribution >= 4 is 11.8 Å². The highest BCUT2D eigenvalue weighted by atomic mass is 16.5. The topological polar surface area (TPSA) is 74.9 Å². The van der Waals surface area contributed by atoms with Crippen molar-refractivity contribution in [2.75, 3.05) is 44.8 Å². The molecule has 0 radical (unpaired) electrons. The number of aryl methyl sites for hydroxylation is 1. The molecular weight excluding hydrogens is 354 g/mol. The van der Waals surface area contributed by atoms with Crippen LogP contribution in [0.3, 0.4) is 0 Å². The van der Waals surface area contributed by atoms with Gasteiger partial charge in [-0.3, -0.25) is 4.99 Å². The molecule has 0 bridgehead atoms. The molecule has 0 aliphatic carbocycles. The van der Waals surface area contributed by atoms with Crippen molar-refractivity contribution in [3.63, 3.8) is 0 Å². The maximum atomic E-state index is 5.39. The number of nitrogens with zero attached hydrogens (tertiary/aromatic N) is 3. The van der Waals surface area contributed by atoms with Crippen molar-refractivity contribution in [3.8, 4) is 0 Å². The quantitative estimate of drug-likeness (QED) is 0.413. The van der Waals surface area contributed by atoms with Crippen molar-refractivity contribution in [3.05, 3.63) is 48.0 Å². The van der Waals surface area contributed by atoms with Crippen LogP contribution in [0.4, 0.5) is 5.82 Å². The molecule has 0 amide bonds. The summed E-state index contributed by atoms with van der Waals surface area (Å²) in [5.74, 6) is 2.88. The van der Waals surface area contributed by atoms with Gasteiger partial charge in [0, 0.05) is 45.4 Å². The minimum Gasteiger partial charge on any atom is -0.469 e. The SMILES string of the molecule is COCCN=C(NCCc1ccco1)NC1CCN(c2ccc(C)cn2)CC1. The smallest absolute Gasteiger partial charge is 0.191 e. The normalized spacial score (nSPS) is 15.6. The molecule has 2 aromatic heterocycles. The summed E-state index contributed by atoms with van der Waals surface area (Å²) in [6.07, 6.45) is 6.58. The number of hydrogen-bond acceptors (Lipinski definition) is 5. The van der Waals surface area contributed by atoms with Gasteiger partial charge in [0.2, 0.25) is 0 Å². The first-order valence-corrected chi connectivity index (χ1v) is 9.98. The van der Waals surface area contributed by atoms with Crippen LogP contribution in [0.5, 0.6) is 0 Å². The second-order valence-corrected chi connectivity index (χ2v) is 7.08. The minimum absolute atomic E-state index is 0.402. The Morgan fingerprint density at radius 3 is 2.86 bits per heavy atom. The molecule has 0 atom stereocenters. The number of anilines is 1. The highest BCUT2D eigenvalue weighted by molar-refractivity contribution is 5.80. The first-order valence-electron chi connectivity index (χ1n) is 9.98. The molecule has 2 aromatic rings. The van der Waals surface area contributed by atoms with Crippen LogP contribution in [0.1, 0.15) is 24.2 Å². The molecule has 7 nitrogen and oxygen atoms in total. The molecule has 0 aromatic carbocycles. The van der Waals surface area contributed by atoms with Crippen molar-refractivity contribution in [1.82, 2.24) is 15.6 Å². The number of furan rings is 1. The number of hydrogen-bond donors (Lipinski definition) is 2. The maximum absolute atomic E-state index is 5.39. The summed E-state index contributed by atoms with van der Waals surface area (Å²) in [6, 6.07) is 8.54. The first-order chi connectivity index (χ1) is 13.7. The highest BCUT2D eigenvalue weighted by Crippen LogP contribution is 2.18. The lowest BCUT2D eigenvalue weighted by Gasteiger charge is -2.34. The summed E-state index contributed by atoms with van der Waals surface area (Å²) in [5, 5.41) is 6.99. The van der Waals surface area contributed by atoms with Crippen LogP contribution in [0.15, 0.2) is 46.1 Å².